The third-order valence-corrected chi connectivity index (χ3v) is 7.00. The van der Waals surface area contributed by atoms with Crippen LogP contribution in [0.4, 0.5) is 5.95 Å². The zero-order chi connectivity index (χ0) is 25.0. The Labute approximate surface area is 212 Å². The minimum Gasteiger partial charge on any atom is -0.462 e. The van der Waals surface area contributed by atoms with E-state index in [9.17, 15) is 4.79 Å². The molecule has 1 N–H and O–H groups in total. The van der Waals surface area contributed by atoms with E-state index in [1.54, 1.807) is 11.8 Å². The predicted octanol–water partition coefficient (Wildman–Crippen LogP) is 6.50. The molecule has 0 amide bonds. The Balaban J connectivity index is 1.68. The molecule has 0 fully saturated rings. The van der Waals surface area contributed by atoms with Gasteiger partial charge in [-0.15, -0.1) is 5.10 Å². The average Bonchev–Trinajstić information content (AvgIpc) is 3.24. The van der Waals surface area contributed by atoms with Gasteiger partial charge in [0.2, 0.25) is 11.1 Å². The molecule has 0 saturated carbocycles. The lowest BCUT2D eigenvalue weighted by atomic mass is 9.85. The highest BCUT2D eigenvalue weighted by Gasteiger charge is 2.35. The second kappa shape index (κ2) is 10.7. The summed E-state index contributed by atoms with van der Waals surface area (Å²) in [6.07, 6.45) is 1.81. The third-order valence-electron chi connectivity index (χ3n) is 6.09. The number of anilines is 1. The first-order valence-electron chi connectivity index (χ1n) is 12.2. The number of aromatic nitrogens is 3. The lowest BCUT2D eigenvalue weighted by Gasteiger charge is -2.28. The number of nitrogens with one attached hydrogen (secondary N) is 1. The summed E-state index contributed by atoms with van der Waals surface area (Å²) in [6, 6.07) is 18.3. The molecule has 6 nitrogen and oxygen atoms in total. The standard InChI is InChI=1S/C28H34N4O2S/c1-6-7-17-34-25(33)23-19(2)29-26-30-27(35-18-20-11-9-8-10-12-20)31-32(26)24(23)21-13-15-22(16-14-21)28(3,4)5/h8-16,24H,6-7,17-18H2,1-5H3,(H,29,30,31). The van der Waals surface area contributed by atoms with Crippen LogP contribution in [-0.4, -0.2) is 27.3 Å². The van der Waals surface area contributed by atoms with E-state index in [1.165, 1.54) is 11.1 Å². The van der Waals surface area contributed by atoms with Gasteiger partial charge in [0.05, 0.1) is 12.2 Å². The number of nitrogens with zero attached hydrogens (tertiary/aromatic N) is 3. The second-order valence-electron chi connectivity index (χ2n) is 9.86. The maximum Gasteiger partial charge on any atom is 0.338 e. The molecule has 1 atom stereocenters. The van der Waals surface area contributed by atoms with E-state index in [2.05, 4.69) is 69.4 Å². The fraction of sp³-hybridized carbons (Fsp3) is 0.393. The number of hydrogen-bond acceptors (Lipinski definition) is 6. The van der Waals surface area contributed by atoms with Crippen LogP contribution in [0.5, 0.6) is 0 Å². The monoisotopic (exact) mass is 490 g/mol. The van der Waals surface area contributed by atoms with Crippen LogP contribution < -0.4 is 5.32 Å². The molecule has 0 spiro atoms. The van der Waals surface area contributed by atoms with Crippen LogP contribution in [0.25, 0.3) is 0 Å². The summed E-state index contributed by atoms with van der Waals surface area (Å²) in [7, 11) is 0. The molecule has 184 valence electrons. The molecule has 1 aliphatic heterocycles. The van der Waals surface area contributed by atoms with Crippen molar-refractivity contribution in [3.05, 3.63) is 82.6 Å². The fourth-order valence-electron chi connectivity index (χ4n) is 4.04. The number of thioether (sulfide) groups is 1. The van der Waals surface area contributed by atoms with E-state index in [1.807, 2.05) is 29.8 Å². The van der Waals surface area contributed by atoms with Gasteiger partial charge < -0.3 is 10.1 Å². The molecule has 35 heavy (non-hydrogen) atoms. The van der Waals surface area contributed by atoms with Gasteiger partial charge in [0, 0.05) is 11.4 Å². The summed E-state index contributed by atoms with van der Waals surface area (Å²) in [5.74, 6) is 1.09. The van der Waals surface area contributed by atoms with E-state index >= 15 is 0 Å². The number of carbonyl (C=O) groups excluding carboxylic acids is 1. The summed E-state index contributed by atoms with van der Waals surface area (Å²) < 4.78 is 7.47. The molecule has 1 aliphatic rings. The number of ether oxygens (including phenoxy) is 1. The lowest BCUT2D eigenvalue weighted by molar-refractivity contribution is -0.139. The topological polar surface area (TPSA) is 69.0 Å². The van der Waals surface area contributed by atoms with Crippen molar-refractivity contribution in [1.82, 2.24) is 14.8 Å². The number of allylic oxidation sites excluding steroid dienone is 1. The lowest BCUT2D eigenvalue weighted by Crippen LogP contribution is -2.30. The predicted molar refractivity (Wildman–Crippen MR) is 141 cm³/mol. The zero-order valence-electron chi connectivity index (χ0n) is 21.2. The van der Waals surface area contributed by atoms with Gasteiger partial charge in [0.15, 0.2) is 0 Å². The van der Waals surface area contributed by atoms with E-state index in [4.69, 9.17) is 14.8 Å². The summed E-state index contributed by atoms with van der Waals surface area (Å²) >= 11 is 1.58. The molecule has 0 aliphatic carbocycles. The normalized spacial score (nSPS) is 15.5. The summed E-state index contributed by atoms with van der Waals surface area (Å²) in [5.41, 5.74) is 4.78. The van der Waals surface area contributed by atoms with Gasteiger partial charge in [0.1, 0.15) is 6.04 Å². The quantitative estimate of drug-likeness (QED) is 0.221. The van der Waals surface area contributed by atoms with Crippen molar-refractivity contribution < 1.29 is 9.53 Å². The Morgan fingerprint density at radius 1 is 1.11 bits per heavy atom. The Kier molecular flexibility index (Phi) is 7.65. The van der Waals surface area contributed by atoms with Crippen LogP contribution in [0, 0.1) is 0 Å². The minimum atomic E-state index is -0.409. The molecular formula is C28H34N4O2S. The van der Waals surface area contributed by atoms with E-state index < -0.39 is 6.04 Å². The number of esters is 1. The highest BCUT2D eigenvalue weighted by atomic mass is 32.2. The zero-order valence-corrected chi connectivity index (χ0v) is 22.0. The first-order chi connectivity index (χ1) is 16.8. The van der Waals surface area contributed by atoms with Gasteiger partial charge >= 0.3 is 5.97 Å². The van der Waals surface area contributed by atoms with Crippen molar-refractivity contribution in [2.24, 2.45) is 0 Å². The number of unbranched alkanes of at least 4 members (excludes halogenated alkanes) is 1. The number of hydrogen-bond donors (Lipinski definition) is 1. The molecule has 2 aromatic carbocycles. The first-order valence-corrected chi connectivity index (χ1v) is 13.1. The molecule has 1 unspecified atom stereocenters. The Morgan fingerprint density at radius 3 is 2.49 bits per heavy atom. The Morgan fingerprint density at radius 2 is 1.83 bits per heavy atom. The van der Waals surface area contributed by atoms with Crippen molar-refractivity contribution in [3.8, 4) is 0 Å². The largest absolute Gasteiger partial charge is 0.462 e. The van der Waals surface area contributed by atoms with Gasteiger partial charge in [-0.25, -0.2) is 9.48 Å². The molecule has 0 saturated heterocycles. The van der Waals surface area contributed by atoms with Crippen molar-refractivity contribution in [1.29, 1.82) is 0 Å². The molecule has 7 heteroatoms. The first kappa shape index (κ1) is 25.0. The number of fused-ring (bicyclic) bond motifs is 1. The fourth-order valence-corrected chi connectivity index (χ4v) is 4.82. The van der Waals surface area contributed by atoms with Crippen molar-refractivity contribution in [2.75, 3.05) is 11.9 Å². The number of carbonyl (C=O) groups is 1. The third kappa shape index (κ3) is 5.78. The van der Waals surface area contributed by atoms with Crippen LogP contribution in [0.3, 0.4) is 0 Å². The minimum absolute atomic E-state index is 0.0416. The highest BCUT2D eigenvalue weighted by Crippen LogP contribution is 2.37. The van der Waals surface area contributed by atoms with Gasteiger partial charge in [-0.2, -0.15) is 4.98 Å². The second-order valence-corrected chi connectivity index (χ2v) is 10.8. The van der Waals surface area contributed by atoms with Gasteiger partial charge in [-0.1, -0.05) is 100 Å². The molecule has 4 rings (SSSR count). The van der Waals surface area contributed by atoms with Gasteiger partial charge in [-0.05, 0) is 35.4 Å². The SMILES string of the molecule is CCCCOC(=O)C1=C(C)Nc2nc(SCc3ccccc3)nn2C1c1ccc(C(C)(C)C)cc1. The van der Waals surface area contributed by atoms with Crippen LogP contribution >= 0.6 is 11.8 Å². The van der Waals surface area contributed by atoms with Gasteiger partial charge in [-0.3, -0.25) is 0 Å². The molecule has 0 radical (unpaired) electrons. The van der Waals surface area contributed by atoms with Crippen LogP contribution in [-0.2, 0) is 20.7 Å². The van der Waals surface area contributed by atoms with E-state index in [-0.39, 0.29) is 11.4 Å². The Bertz CT molecular complexity index is 1190. The van der Waals surface area contributed by atoms with Crippen molar-refractivity contribution in [3.63, 3.8) is 0 Å². The molecule has 0 bridgehead atoms. The van der Waals surface area contributed by atoms with Gasteiger partial charge in [0.25, 0.3) is 0 Å². The van der Waals surface area contributed by atoms with Crippen LogP contribution in [0.1, 0.15) is 70.2 Å². The van der Waals surface area contributed by atoms with Crippen LogP contribution in [0.15, 0.2) is 71.0 Å². The molecule has 3 aromatic rings. The van der Waals surface area contributed by atoms with E-state index in [0.717, 1.165) is 29.9 Å². The molecule has 1 aromatic heterocycles. The summed E-state index contributed by atoms with van der Waals surface area (Å²) in [6.45, 7) is 11.0. The summed E-state index contributed by atoms with van der Waals surface area (Å²) in [5, 5.41) is 8.78. The Hall–Kier alpha value is -3.06. The van der Waals surface area contributed by atoms with E-state index in [0.29, 0.717) is 23.3 Å². The summed E-state index contributed by atoms with van der Waals surface area (Å²) in [4.78, 5) is 18.0. The average molecular weight is 491 g/mol. The molecular weight excluding hydrogens is 456 g/mol. The molecule has 2 heterocycles. The maximum absolute atomic E-state index is 13.2. The number of benzene rings is 2. The van der Waals surface area contributed by atoms with Crippen LogP contribution in [0.2, 0.25) is 0 Å². The highest BCUT2D eigenvalue weighted by molar-refractivity contribution is 7.98. The number of rotatable bonds is 8. The van der Waals surface area contributed by atoms with Crippen molar-refractivity contribution >= 4 is 23.7 Å². The smallest absolute Gasteiger partial charge is 0.338 e. The maximum atomic E-state index is 13.2. The van der Waals surface area contributed by atoms with Crippen molar-refractivity contribution in [2.45, 2.75) is 69.8 Å².